The standard InChI is InChI=1S/C15H30O3/c1-5-6-7-8-9-10-11-12-14(16)18-13(2)15(3,4)17/h13,17H,5-12H2,1-4H3. The van der Waals surface area contributed by atoms with Crippen LogP contribution < -0.4 is 0 Å². The van der Waals surface area contributed by atoms with Crippen molar-refractivity contribution in [1.29, 1.82) is 0 Å². The highest BCUT2D eigenvalue weighted by Crippen LogP contribution is 2.14. The van der Waals surface area contributed by atoms with Gasteiger partial charge in [-0.3, -0.25) is 4.79 Å². The Bertz CT molecular complexity index is 218. The van der Waals surface area contributed by atoms with Gasteiger partial charge in [0.1, 0.15) is 6.10 Å². The van der Waals surface area contributed by atoms with Crippen molar-refractivity contribution in [2.75, 3.05) is 0 Å². The summed E-state index contributed by atoms with van der Waals surface area (Å²) < 4.78 is 5.17. The number of ether oxygens (including phenoxy) is 1. The fourth-order valence-electron chi connectivity index (χ4n) is 1.63. The quantitative estimate of drug-likeness (QED) is 0.478. The summed E-state index contributed by atoms with van der Waals surface area (Å²) in [7, 11) is 0. The first-order chi connectivity index (χ1) is 8.38. The Kier molecular flexibility index (Phi) is 9.08. The molecule has 0 aliphatic carbocycles. The lowest BCUT2D eigenvalue weighted by molar-refractivity contribution is -0.159. The highest BCUT2D eigenvalue weighted by molar-refractivity contribution is 5.69. The molecule has 3 heteroatoms. The minimum atomic E-state index is -0.962. The molecule has 1 atom stereocenters. The van der Waals surface area contributed by atoms with Crippen molar-refractivity contribution in [3.63, 3.8) is 0 Å². The molecule has 0 aromatic carbocycles. The number of hydrogen-bond acceptors (Lipinski definition) is 3. The Balaban J connectivity index is 3.48. The van der Waals surface area contributed by atoms with E-state index in [1.54, 1.807) is 20.8 Å². The molecular weight excluding hydrogens is 228 g/mol. The topological polar surface area (TPSA) is 46.5 Å². The summed E-state index contributed by atoms with van der Waals surface area (Å²) in [4.78, 5) is 11.5. The van der Waals surface area contributed by atoms with E-state index in [4.69, 9.17) is 4.74 Å². The number of rotatable bonds is 10. The van der Waals surface area contributed by atoms with Gasteiger partial charge in [-0.2, -0.15) is 0 Å². The minimum absolute atomic E-state index is 0.196. The van der Waals surface area contributed by atoms with E-state index in [9.17, 15) is 9.90 Å². The Morgan fingerprint density at radius 2 is 1.61 bits per heavy atom. The van der Waals surface area contributed by atoms with Gasteiger partial charge in [-0.1, -0.05) is 45.4 Å². The largest absolute Gasteiger partial charge is 0.460 e. The molecule has 0 fully saturated rings. The first-order valence-corrected chi connectivity index (χ1v) is 7.29. The van der Waals surface area contributed by atoms with Crippen LogP contribution >= 0.6 is 0 Å². The highest BCUT2D eigenvalue weighted by atomic mass is 16.6. The molecule has 0 aromatic rings. The molecule has 18 heavy (non-hydrogen) atoms. The summed E-state index contributed by atoms with van der Waals surface area (Å²) in [5.41, 5.74) is -0.962. The van der Waals surface area contributed by atoms with E-state index in [2.05, 4.69) is 6.92 Å². The van der Waals surface area contributed by atoms with Gasteiger partial charge in [0.15, 0.2) is 0 Å². The van der Waals surface area contributed by atoms with Crippen LogP contribution in [-0.4, -0.2) is 22.8 Å². The number of unbranched alkanes of at least 4 members (excludes halogenated alkanes) is 6. The van der Waals surface area contributed by atoms with Crippen molar-refractivity contribution in [3.8, 4) is 0 Å². The SMILES string of the molecule is CCCCCCCCCC(=O)OC(C)C(C)(C)O. The van der Waals surface area contributed by atoms with E-state index >= 15 is 0 Å². The van der Waals surface area contributed by atoms with E-state index in [1.165, 1.54) is 32.1 Å². The van der Waals surface area contributed by atoms with Gasteiger partial charge in [0.05, 0.1) is 5.60 Å². The maximum atomic E-state index is 11.5. The average molecular weight is 258 g/mol. The van der Waals surface area contributed by atoms with Gasteiger partial charge < -0.3 is 9.84 Å². The third-order valence-corrected chi connectivity index (χ3v) is 3.29. The van der Waals surface area contributed by atoms with E-state index < -0.39 is 11.7 Å². The van der Waals surface area contributed by atoms with E-state index in [0.29, 0.717) is 6.42 Å². The molecule has 3 nitrogen and oxygen atoms in total. The minimum Gasteiger partial charge on any atom is -0.460 e. The van der Waals surface area contributed by atoms with Crippen molar-refractivity contribution in [1.82, 2.24) is 0 Å². The van der Waals surface area contributed by atoms with Gasteiger partial charge in [-0.05, 0) is 27.2 Å². The van der Waals surface area contributed by atoms with Crippen LogP contribution in [0.4, 0.5) is 0 Å². The number of aliphatic hydroxyl groups is 1. The monoisotopic (exact) mass is 258 g/mol. The van der Waals surface area contributed by atoms with Crippen LogP contribution in [0.1, 0.15) is 79.1 Å². The summed E-state index contributed by atoms with van der Waals surface area (Å²) >= 11 is 0. The molecule has 1 N–H and O–H groups in total. The molecule has 0 radical (unpaired) electrons. The maximum Gasteiger partial charge on any atom is 0.306 e. The average Bonchev–Trinajstić information content (AvgIpc) is 2.26. The maximum absolute atomic E-state index is 11.5. The van der Waals surface area contributed by atoms with Crippen LogP contribution in [0, 0.1) is 0 Å². The van der Waals surface area contributed by atoms with Crippen molar-refractivity contribution < 1.29 is 14.6 Å². The van der Waals surface area contributed by atoms with Gasteiger partial charge in [0.25, 0.3) is 0 Å². The molecule has 0 heterocycles. The smallest absolute Gasteiger partial charge is 0.306 e. The molecule has 108 valence electrons. The van der Waals surface area contributed by atoms with Gasteiger partial charge in [0.2, 0.25) is 0 Å². The summed E-state index contributed by atoms with van der Waals surface area (Å²) in [5.74, 6) is -0.196. The predicted molar refractivity (Wildman–Crippen MR) is 74.5 cm³/mol. The third-order valence-electron chi connectivity index (χ3n) is 3.29. The van der Waals surface area contributed by atoms with Crippen molar-refractivity contribution in [3.05, 3.63) is 0 Å². The molecule has 0 aromatic heterocycles. The van der Waals surface area contributed by atoms with Gasteiger partial charge in [-0.15, -0.1) is 0 Å². The zero-order valence-electron chi connectivity index (χ0n) is 12.5. The third kappa shape index (κ3) is 9.46. The van der Waals surface area contributed by atoms with E-state index in [0.717, 1.165) is 12.8 Å². The number of carbonyl (C=O) groups is 1. The Morgan fingerprint density at radius 3 is 2.11 bits per heavy atom. The lowest BCUT2D eigenvalue weighted by Gasteiger charge is -2.25. The Morgan fingerprint density at radius 1 is 1.11 bits per heavy atom. The van der Waals surface area contributed by atoms with Crippen molar-refractivity contribution >= 4 is 5.97 Å². The number of carbonyl (C=O) groups excluding carboxylic acids is 1. The fourth-order valence-corrected chi connectivity index (χ4v) is 1.63. The van der Waals surface area contributed by atoms with Crippen LogP contribution in [0.5, 0.6) is 0 Å². The molecule has 0 spiro atoms. The molecule has 0 rings (SSSR count). The molecular formula is C15H30O3. The second kappa shape index (κ2) is 9.37. The summed E-state index contributed by atoms with van der Waals surface area (Å²) in [6, 6.07) is 0. The molecule has 0 saturated carbocycles. The second-order valence-corrected chi connectivity index (χ2v) is 5.66. The molecule has 0 bridgehead atoms. The van der Waals surface area contributed by atoms with Crippen LogP contribution in [-0.2, 0) is 9.53 Å². The zero-order chi connectivity index (χ0) is 14.0. The fraction of sp³-hybridized carbons (Fsp3) is 0.933. The highest BCUT2D eigenvalue weighted by Gasteiger charge is 2.25. The summed E-state index contributed by atoms with van der Waals surface area (Å²) in [6.07, 6.45) is 8.35. The molecule has 1 unspecified atom stereocenters. The van der Waals surface area contributed by atoms with Gasteiger partial charge in [0, 0.05) is 6.42 Å². The predicted octanol–water partition coefficient (Wildman–Crippen LogP) is 3.83. The van der Waals surface area contributed by atoms with Crippen LogP contribution in [0.2, 0.25) is 0 Å². The van der Waals surface area contributed by atoms with Crippen molar-refractivity contribution in [2.24, 2.45) is 0 Å². The molecule has 0 aliphatic heterocycles. The molecule has 0 saturated heterocycles. The first-order valence-electron chi connectivity index (χ1n) is 7.29. The van der Waals surface area contributed by atoms with E-state index in [1.807, 2.05) is 0 Å². The number of hydrogen-bond donors (Lipinski definition) is 1. The Labute approximate surface area is 112 Å². The first kappa shape index (κ1) is 17.4. The zero-order valence-corrected chi connectivity index (χ0v) is 12.5. The normalized spacial score (nSPS) is 13.4. The van der Waals surface area contributed by atoms with Crippen LogP contribution in [0.3, 0.4) is 0 Å². The summed E-state index contributed by atoms with van der Waals surface area (Å²) in [6.45, 7) is 7.24. The second-order valence-electron chi connectivity index (χ2n) is 5.66. The van der Waals surface area contributed by atoms with Crippen LogP contribution in [0.25, 0.3) is 0 Å². The number of esters is 1. The van der Waals surface area contributed by atoms with Crippen LogP contribution in [0.15, 0.2) is 0 Å². The Hall–Kier alpha value is -0.570. The van der Waals surface area contributed by atoms with Gasteiger partial charge >= 0.3 is 5.97 Å². The van der Waals surface area contributed by atoms with E-state index in [-0.39, 0.29) is 5.97 Å². The lowest BCUT2D eigenvalue weighted by Crippen LogP contribution is -2.37. The lowest BCUT2D eigenvalue weighted by atomic mass is 10.0. The van der Waals surface area contributed by atoms with Gasteiger partial charge in [-0.25, -0.2) is 0 Å². The molecule has 0 amide bonds. The van der Waals surface area contributed by atoms with Crippen molar-refractivity contribution in [2.45, 2.75) is 90.8 Å². The molecule has 0 aliphatic rings. The summed E-state index contributed by atoms with van der Waals surface area (Å²) in [5, 5.41) is 9.65.